The Bertz CT molecular complexity index is 509. The molecule has 0 aromatic carbocycles. The fourth-order valence-corrected chi connectivity index (χ4v) is 2.22. The number of hydrogen-bond donors (Lipinski definition) is 1. The normalized spacial score (nSPS) is 12.4. The van der Waals surface area contributed by atoms with Gasteiger partial charge in [-0.2, -0.15) is 5.10 Å². The summed E-state index contributed by atoms with van der Waals surface area (Å²) in [4.78, 5) is 4.39. The van der Waals surface area contributed by atoms with E-state index in [-0.39, 0.29) is 6.04 Å². The van der Waals surface area contributed by atoms with Crippen molar-refractivity contribution in [3.63, 3.8) is 0 Å². The molecule has 102 valence electrons. The fourth-order valence-electron chi connectivity index (χ4n) is 2.22. The number of nitrogens with one attached hydrogen (secondary N) is 1. The van der Waals surface area contributed by atoms with E-state index in [4.69, 9.17) is 4.74 Å². The van der Waals surface area contributed by atoms with Crippen LogP contribution in [0.1, 0.15) is 24.4 Å². The molecular weight excluding hydrogens is 240 g/mol. The zero-order valence-electron chi connectivity index (χ0n) is 11.6. The molecule has 5 nitrogen and oxygen atoms in total. The number of rotatable bonds is 6. The summed E-state index contributed by atoms with van der Waals surface area (Å²) in [7, 11) is 3.60. The van der Waals surface area contributed by atoms with Gasteiger partial charge in [0.2, 0.25) is 0 Å². The molecule has 5 heteroatoms. The van der Waals surface area contributed by atoms with Crippen molar-refractivity contribution in [3.05, 3.63) is 42.0 Å². The minimum absolute atomic E-state index is 0.141. The van der Waals surface area contributed by atoms with E-state index in [2.05, 4.69) is 22.3 Å². The van der Waals surface area contributed by atoms with E-state index < -0.39 is 0 Å². The van der Waals surface area contributed by atoms with Crippen LogP contribution in [-0.4, -0.2) is 28.4 Å². The highest BCUT2D eigenvalue weighted by Gasteiger charge is 2.20. The Labute approximate surface area is 113 Å². The maximum absolute atomic E-state index is 5.39. The molecule has 0 aliphatic rings. The highest BCUT2D eigenvalue weighted by Crippen LogP contribution is 2.26. The monoisotopic (exact) mass is 260 g/mol. The predicted molar refractivity (Wildman–Crippen MR) is 74.1 cm³/mol. The molecule has 2 aromatic heterocycles. The first-order chi connectivity index (χ1) is 9.26. The number of pyridine rings is 1. The van der Waals surface area contributed by atoms with Crippen LogP contribution in [0.3, 0.4) is 0 Å². The molecule has 0 saturated carbocycles. The molecule has 0 fully saturated rings. The summed E-state index contributed by atoms with van der Waals surface area (Å²) >= 11 is 0. The first kappa shape index (κ1) is 13.5. The summed E-state index contributed by atoms with van der Waals surface area (Å²) < 4.78 is 7.24. The number of ether oxygens (including phenoxy) is 1. The molecule has 2 aromatic rings. The summed E-state index contributed by atoms with van der Waals surface area (Å²) in [6.07, 6.45) is 4.38. The number of methoxy groups -OCH3 is 1. The van der Waals surface area contributed by atoms with Crippen molar-refractivity contribution in [2.24, 2.45) is 7.05 Å². The lowest BCUT2D eigenvalue weighted by atomic mass is 10.1. The van der Waals surface area contributed by atoms with Crippen molar-refractivity contribution in [2.45, 2.75) is 19.4 Å². The second-order valence-electron chi connectivity index (χ2n) is 4.36. The van der Waals surface area contributed by atoms with Crippen LogP contribution >= 0.6 is 0 Å². The van der Waals surface area contributed by atoms with Gasteiger partial charge in [-0.1, -0.05) is 13.0 Å². The standard InChI is InChI=1S/C14H20N4O/c1-4-15-12(9-11-7-5-6-8-16-11)14-13(19-3)10-17-18(14)2/h5-8,10,12,15H,4,9H2,1-3H3. The van der Waals surface area contributed by atoms with Gasteiger partial charge in [-0.15, -0.1) is 0 Å². The lowest BCUT2D eigenvalue weighted by Crippen LogP contribution is -2.26. The van der Waals surface area contributed by atoms with E-state index in [1.165, 1.54) is 0 Å². The summed E-state index contributed by atoms with van der Waals surface area (Å²) in [5.74, 6) is 0.810. The van der Waals surface area contributed by atoms with Crippen LogP contribution in [0.4, 0.5) is 0 Å². The molecule has 19 heavy (non-hydrogen) atoms. The van der Waals surface area contributed by atoms with Gasteiger partial charge in [-0.05, 0) is 18.7 Å². The Morgan fingerprint density at radius 3 is 2.89 bits per heavy atom. The quantitative estimate of drug-likeness (QED) is 0.859. The van der Waals surface area contributed by atoms with Crippen molar-refractivity contribution < 1.29 is 4.74 Å². The fraction of sp³-hybridized carbons (Fsp3) is 0.429. The second kappa shape index (κ2) is 6.33. The molecule has 2 rings (SSSR count). The van der Waals surface area contributed by atoms with E-state index >= 15 is 0 Å². The van der Waals surface area contributed by atoms with Gasteiger partial charge in [0, 0.05) is 25.4 Å². The SMILES string of the molecule is CCNC(Cc1ccccn1)c1c(OC)cnn1C. The van der Waals surface area contributed by atoms with Gasteiger partial charge in [-0.3, -0.25) is 9.67 Å². The van der Waals surface area contributed by atoms with Gasteiger partial charge in [-0.25, -0.2) is 0 Å². The molecular formula is C14H20N4O. The van der Waals surface area contributed by atoms with Crippen LogP contribution in [0.15, 0.2) is 30.6 Å². The third-order valence-electron chi connectivity index (χ3n) is 3.09. The maximum Gasteiger partial charge on any atom is 0.161 e. The zero-order chi connectivity index (χ0) is 13.7. The lowest BCUT2D eigenvalue weighted by Gasteiger charge is -2.19. The summed E-state index contributed by atoms with van der Waals surface area (Å²) in [5.41, 5.74) is 2.10. The highest BCUT2D eigenvalue weighted by molar-refractivity contribution is 5.29. The molecule has 0 aliphatic carbocycles. The van der Waals surface area contributed by atoms with Crippen LogP contribution < -0.4 is 10.1 Å². The van der Waals surface area contributed by atoms with Gasteiger partial charge < -0.3 is 10.1 Å². The largest absolute Gasteiger partial charge is 0.493 e. The third-order valence-corrected chi connectivity index (χ3v) is 3.09. The van der Waals surface area contributed by atoms with Crippen LogP contribution in [0, 0.1) is 0 Å². The van der Waals surface area contributed by atoms with Crippen molar-refractivity contribution >= 4 is 0 Å². The van der Waals surface area contributed by atoms with Gasteiger partial charge in [0.1, 0.15) is 0 Å². The summed E-state index contributed by atoms with van der Waals surface area (Å²) in [5, 5.41) is 7.73. The van der Waals surface area contributed by atoms with Gasteiger partial charge >= 0.3 is 0 Å². The Morgan fingerprint density at radius 1 is 1.42 bits per heavy atom. The van der Waals surface area contributed by atoms with Crippen molar-refractivity contribution in [1.82, 2.24) is 20.1 Å². The van der Waals surface area contributed by atoms with Crippen molar-refractivity contribution in [1.29, 1.82) is 0 Å². The first-order valence-corrected chi connectivity index (χ1v) is 6.45. The topological polar surface area (TPSA) is 52.0 Å². The number of likely N-dealkylation sites (N-methyl/N-ethyl adjacent to an activating group) is 1. The van der Waals surface area contributed by atoms with Crippen LogP contribution in [0.25, 0.3) is 0 Å². The van der Waals surface area contributed by atoms with E-state index in [1.54, 1.807) is 13.3 Å². The minimum atomic E-state index is 0.141. The van der Waals surface area contributed by atoms with Gasteiger partial charge in [0.15, 0.2) is 5.75 Å². The zero-order valence-corrected chi connectivity index (χ0v) is 11.6. The number of aromatic nitrogens is 3. The Morgan fingerprint density at radius 2 is 2.26 bits per heavy atom. The van der Waals surface area contributed by atoms with Crippen LogP contribution in [-0.2, 0) is 13.5 Å². The molecule has 0 spiro atoms. The molecule has 1 unspecified atom stereocenters. The molecule has 0 aliphatic heterocycles. The number of hydrogen-bond acceptors (Lipinski definition) is 4. The average Bonchev–Trinajstić information content (AvgIpc) is 2.80. The second-order valence-corrected chi connectivity index (χ2v) is 4.36. The Hall–Kier alpha value is -1.88. The molecule has 0 amide bonds. The van der Waals surface area contributed by atoms with E-state index in [0.29, 0.717) is 0 Å². The van der Waals surface area contributed by atoms with E-state index in [0.717, 1.165) is 30.1 Å². The van der Waals surface area contributed by atoms with Gasteiger partial charge in [0.25, 0.3) is 0 Å². The third kappa shape index (κ3) is 3.12. The molecule has 0 saturated heterocycles. The minimum Gasteiger partial charge on any atom is -0.493 e. The smallest absolute Gasteiger partial charge is 0.161 e. The molecule has 0 radical (unpaired) electrons. The molecule has 2 heterocycles. The summed E-state index contributed by atoms with van der Waals surface area (Å²) in [6.45, 7) is 2.97. The maximum atomic E-state index is 5.39. The Balaban J connectivity index is 2.27. The summed E-state index contributed by atoms with van der Waals surface area (Å²) in [6, 6.07) is 6.11. The molecule has 1 N–H and O–H groups in total. The highest BCUT2D eigenvalue weighted by atomic mass is 16.5. The lowest BCUT2D eigenvalue weighted by molar-refractivity contribution is 0.393. The predicted octanol–water partition coefficient (Wildman–Crippen LogP) is 1.72. The Kier molecular flexibility index (Phi) is 4.52. The van der Waals surface area contributed by atoms with Crippen LogP contribution in [0.5, 0.6) is 5.75 Å². The van der Waals surface area contributed by atoms with Crippen molar-refractivity contribution in [3.8, 4) is 5.75 Å². The van der Waals surface area contributed by atoms with E-state index in [9.17, 15) is 0 Å². The number of nitrogens with zero attached hydrogens (tertiary/aromatic N) is 3. The van der Waals surface area contributed by atoms with Crippen LogP contribution in [0.2, 0.25) is 0 Å². The molecule has 1 atom stereocenters. The molecule has 0 bridgehead atoms. The first-order valence-electron chi connectivity index (χ1n) is 6.45. The van der Waals surface area contributed by atoms with E-state index in [1.807, 2.05) is 36.1 Å². The van der Waals surface area contributed by atoms with Crippen molar-refractivity contribution in [2.75, 3.05) is 13.7 Å². The number of aryl methyl sites for hydroxylation is 1. The average molecular weight is 260 g/mol. The van der Waals surface area contributed by atoms with Gasteiger partial charge in [0.05, 0.1) is 25.0 Å².